The molecule has 1 fully saturated rings. The monoisotopic (exact) mass is 447 g/mol. The van der Waals surface area contributed by atoms with Gasteiger partial charge in [-0.2, -0.15) is 0 Å². The number of carbonyl (C=O) groups is 1. The molecule has 1 saturated heterocycles. The number of hydrogen-bond donors (Lipinski definition) is 0. The Labute approximate surface area is 178 Å². The van der Waals surface area contributed by atoms with Crippen LogP contribution < -0.4 is 0 Å². The van der Waals surface area contributed by atoms with Gasteiger partial charge in [0.15, 0.2) is 15.7 Å². The van der Waals surface area contributed by atoms with Gasteiger partial charge in [-0.25, -0.2) is 18.4 Å². The number of nitrogens with zero attached hydrogens (tertiary/aromatic N) is 3. The van der Waals surface area contributed by atoms with Gasteiger partial charge in [-0.15, -0.1) is 11.3 Å². The Kier molecular flexibility index (Phi) is 5.89. The van der Waals surface area contributed by atoms with Crippen LogP contribution in [0, 0.1) is 0 Å². The molecule has 1 aliphatic heterocycles. The van der Waals surface area contributed by atoms with E-state index in [9.17, 15) is 13.2 Å². The smallest absolute Gasteiger partial charge is 0.233 e. The molecule has 152 valence electrons. The number of thioether (sulfide) groups is 1. The number of benzene rings is 1. The lowest BCUT2D eigenvalue weighted by atomic mass is 10.2. The Hall–Kier alpha value is -1.97. The highest BCUT2D eigenvalue weighted by Gasteiger charge is 2.33. The van der Waals surface area contributed by atoms with E-state index in [0.717, 1.165) is 20.8 Å². The lowest BCUT2D eigenvalue weighted by Crippen LogP contribution is -2.41. The second kappa shape index (κ2) is 8.41. The molecule has 0 radical (unpaired) electrons. The Bertz CT molecular complexity index is 1130. The minimum absolute atomic E-state index is 0.0556. The van der Waals surface area contributed by atoms with Crippen molar-refractivity contribution in [3.8, 4) is 10.7 Å². The molecule has 4 rings (SSSR count). The van der Waals surface area contributed by atoms with Crippen LogP contribution in [-0.2, 0) is 14.6 Å². The molecule has 0 spiro atoms. The molecule has 0 N–H and O–H groups in total. The third kappa shape index (κ3) is 4.46. The van der Waals surface area contributed by atoms with Crippen molar-refractivity contribution in [2.75, 3.05) is 23.8 Å². The molecule has 1 amide bonds. The third-order valence-corrected chi connectivity index (χ3v) is 8.54. The first kappa shape index (κ1) is 20.3. The predicted octanol–water partition coefficient (Wildman–Crippen LogP) is 3.49. The largest absolute Gasteiger partial charge is 0.338 e. The normalized spacial score (nSPS) is 18.2. The fourth-order valence-corrected chi connectivity index (χ4v) is 6.84. The SMILES string of the molecule is CCN(C(=O)CSc1nc(-c2cccs2)nc2ccccc12)[C@H]1CCS(=O)(=O)C1. The van der Waals surface area contributed by atoms with Crippen molar-refractivity contribution in [1.82, 2.24) is 14.9 Å². The van der Waals surface area contributed by atoms with Crippen molar-refractivity contribution >= 4 is 49.7 Å². The summed E-state index contributed by atoms with van der Waals surface area (Å²) in [5.41, 5.74) is 0.843. The van der Waals surface area contributed by atoms with Gasteiger partial charge in [0, 0.05) is 18.0 Å². The number of aromatic nitrogens is 2. The van der Waals surface area contributed by atoms with Gasteiger partial charge in [-0.1, -0.05) is 36.0 Å². The summed E-state index contributed by atoms with van der Waals surface area (Å²) in [6, 6.07) is 11.5. The first-order chi connectivity index (χ1) is 14.0. The van der Waals surface area contributed by atoms with Crippen molar-refractivity contribution in [3.63, 3.8) is 0 Å². The van der Waals surface area contributed by atoms with E-state index in [0.29, 0.717) is 18.8 Å². The number of hydrogen-bond acceptors (Lipinski definition) is 7. The molecule has 0 saturated carbocycles. The zero-order chi connectivity index (χ0) is 20.4. The fourth-order valence-electron chi connectivity index (χ4n) is 3.55. The Morgan fingerprint density at radius 1 is 1.24 bits per heavy atom. The highest BCUT2D eigenvalue weighted by atomic mass is 32.2. The molecule has 0 unspecified atom stereocenters. The van der Waals surface area contributed by atoms with Crippen LogP contribution in [0.5, 0.6) is 0 Å². The Morgan fingerprint density at radius 3 is 2.76 bits per heavy atom. The average Bonchev–Trinajstić information content (AvgIpc) is 3.36. The number of sulfone groups is 1. The molecule has 0 aliphatic carbocycles. The second-order valence-electron chi connectivity index (χ2n) is 6.87. The summed E-state index contributed by atoms with van der Waals surface area (Å²) in [4.78, 5) is 24.9. The van der Waals surface area contributed by atoms with E-state index in [1.807, 2.05) is 48.7 Å². The Morgan fingerprint density at radius 2 is 2.07 bits per heavy atom. The van der Waals surface area contributed by atoms with Crippen molar-refractivity contribution in [1.29, 1.82) is 0 Å². The summed E-state index contributed by atoms with van der Waals surface area (Å²) in [6.45, 7) is 2.40. The molecule has 6 nitrogen and oxygen atoms in total. The quantitative estimate of drug-likeness (QED) is 0.425. The molecular formula is C20H21N3O3S3. The number of thiophene rings is 1. The second-order valence-corrected chi connectivity index (χ2v) is 11.0. The number of carbonyl (C=O) groups excluding carboxylic acids is 1. The van der Waals surface area contributed by atoms with E-state index in [4.69, 9.17) is 4.98 Å². The van der Waals surface area contributed by atoms with Gasteiger partial charge >= 0.3 is 0 Å². The van der Waals surface area contributed by atoms with Crippen LogP contribution in [0.1, 0.15) is 13.3 Å². The van der Waals surface area contributed by atoms with Gasteiger partial charge in [-0.3, -0.25) is 4.79 Å². The minimum atomic E-state index is -3.03. The standard InChI is InChI=1S/C20H21N3O3S3/c1-2-23(14-9-11-29(25,26)13-14)18(24)12-28-20-15-6-3-4-7-16(15)21-19(22-20)17-8-5-10-27-17/h3-8,10,14H,2,9,11-13H2,1H3/t14-/m0/s1. The zero-order valence-electron chi connectivity index (χ0n) is 15.9. The number of fused-ring (bicyclic) bond motifs is 1. The molecule has 3 heterocycles. The lowest BCUT2D eigenvalue weighted by molar-refractivity contribution is -0.129. The highest BCUT2D eigenvalue weighted by molar-refractivity contribution is 8.00. The molecule has 1 aliphatic rings. The summed E-state index contributed by atoms with van der Waals surface area (Å²) in [6.07, 6.45) is 0.519. The van der Waals surface area contributed by atoms with Gasteiger partial charge < -0.3 is 4.90 Å². The van der Waals surface area contributed by atoms with E-state index in [-0.39, 0.29) is 29.2 Å². The maximum absolute atomic E-state index is 12.9. The van der Waals surface area contributed by atoms with Crippen molar-refractivity contribution < 1.29 is 13.2 Å². The molecule has 3 aromatic rings. The summed E-state index contributed by atoms with van der Waals surface area (Å²) >= 11 is 2.96. The topological polar surface area (TPSA) is 80.2 Å². The van der Waals surface area contributed by atoms with Crippen LogP contribution in [0.3, 0.4) is 0 Å². The van der Waals surface area contributed by atoms with Gasteiger partial charge in [0.1, 0.15) is 5.03 Å². The first-order valence-corrected chi connectivity index (χ1v) is 13.1. The molecule has 1 aromatic carbocycles. The van der Waals surface area contributed by atoms with Crippen LogP contribution in [0.25, 0.3) is 21.6 Å². The summed E-state index contributed by atoms with van der Waals surface area (Å²) < 4.78 is 23.6. The first-order valence-electron chi connectivity index (χ1n) is 9.40. The minimum Gasteiger partial charge on any atom is -0.338 e. The molecule has 0 bridgehead atoms. The number of amides is 1. The van der Waals surface area contributed by atoms with Crippen LogP contribution in [0.4, 0.5) is 0 Å². The molecular weight excluding hydrogens is 426 g/mol. The average molecular weight is 448 g/mol. The molecule has 2 aromatic heterocycles. The van der Waals surface area contributed by atoms with Crippen molar-refractivity contribution in [2.45, 2.75) is 24.4 Å². The molecule has 1 atom stereocenters. The highest BCUT2D eigenvalue weighted by Crippen LogP contribution is 2.30. The van der Waals surface area contributed by atoms with Gasteiger partial charge in [0.25, 0.3) is 0 Å². The fraction of sp³-hybridized carbons (Fsp3) is 0.350. The summed E-state index contributed by atoms with van der Waals surface area (Å²) in [5, 5.41) is 3.67. The van der Waals surface area contributed by atoms with Crippen LogP contribution in [0.15, 0.2) is 46.8 Å². The predicted molar refractivity (Wildman–Crippen MR) is 118 cm³/mol. The van der Waals surface area contributed by atoms with Crippen molar-refractivity contribution in [3.05, 3.63) is 41.8 Å². The van der Waals surface area contributed by atoms with E-state index >= 15 is 0 Å². The summed E-state index contributed by atoms with van der Waals surface area (Å²) in [5.74, 6) is 1.05. The van der Waals surface area contributed by atoms with E-state index in [1.54, 1.807) is 16.2 Å². The van der Waals surface area contributed by atoms with Gasteiger partial charge in [0.05, 0.1) is 27.7 Å². The van der Waals surface area contributed by atoms with Gasteiger partial charge in [0.2, 0.25) is 5.91 Å². The van der Waals surface area contributed by atoms with Gasteiger partial charge in [-0.05, 0) is 30.9 Å². The maximum Gasteiger partial charge on any atom is 0.233 e. The maximum atomic E-state index is 12.9. The number of rotatable bonds is 6. The zero-order valence-corrected chi connectivity index (χ0v) is 18.4. The van der Waals surface area contributed by atoms with Crippen LogP contribution in [-0.4, -0.2) is 59.0 Å². The van der Waals surface area contributed by atoms with E-state index in [2.05, 4.69) is 4.98 Å². The molecule has 29 heavy (non-hydrogen) atoms. The third-order valence-electron chi connectivity index (χ3n) is 4.95. The van der Waals surface area contributed by atoms with Crippen molar-refractivity contribution in [2.24, 2.45) is 0 Å². The lowest BCUT2D eigenvalue weighted by Gasteiger charge is -2.26. The number of para-hydroxylation sites is 1. The summed E-state index contributed by atoms with van der Waals surface area (Å²) in [7, 11) is -3.03. The van der Waals surface area contributed by atoms with Crippen LogP contribution in [0.2, 0.25) is 0 Å². The van der Waals surface area contributed by atoms with E-state index < -0.39 is 9.84 Å². The van der Waals surface area contributed by atoms with Crippen LogP contribution >= 0.6 is 23.1 Å². The Balaban J connectivity index is 1.56. The van der Waals surface area contributed by atoms with E-state index in [1.165, 1.54) is 11.8 Å². The molecule has 9 heteroatoms.